The molecule has 4 nitrogen and oxygen atoms in total. The minimum absolute atomic E-state index is 0.00701. The average Bonchev–Trinajstić information content (AvgIpc) is 3.07. The Labute approximate surface area is 142 Å². The fourth-order valence-electron chi connectivity index (χ4n) is 2.34. The molecule has 0 saturated heterocycles. The first kappa shape index (κ1) is 17.5. The van der Waals surface area contributed by atoms with E-state index in [4.69, 9.17) is 4.74 Å². The summed E-state index contributed by atoms with van der Waals surface area (Å²) in [7, 11) is 0. The van der Waals surface area contributed by atoms with Crippen molar-refractivity contribution in [2.24, 2.45) is 0 Å². The van der Waals surface area contributed by atoms with Gasteiger partial charge in [-0.2, -0.15) is 0 Å². The maximum absolute atomic E-state index is 12.5. The summed E-state index contributed by atoms with van der Waals surface area (Å²) >= 11 is 1.72. The van der Waals surface area contributed by atoms with Crippen LogP contribution in [0.4, 0.5) is 5.69 Å². The van der Waals surface area contributed by atoms with Crippen LogP contribution in [0.3, 0.4) is 0 Å². The number of hydrogen-bond acceptors (Lipinski definition) is 4. The molecular formula is C18H24N2O2S. The van der Waals surface area contributed by atoms with E-state index in [2.05, 4.69) is 28.6 Å². The Hall–Kier alpha value is -1.85. The molecule has 2 rings (SSSR count). The molecule has 0 bridgehead atoms. The monoisotopic (exact) mass is 332 g/mol. The van der Waals surface area contributed by atoms with Crippen molar-refractivity contribution in [2.45, 2.75) is 33.4 Å². The molecule has 0 radical (unpaired) electrons. The van der Waals surface area contributed by atoms with Crippen LogP contribution in [0.25, 0.3) is 0 Å². The zero-order chi connectivity index (χ0) is 16.7. The number of hydrogen-bond donors (Lipinski definition) is 1. The van der Waals surface area contributed by atoms with Gasteiger partial charge in [0.15, 0.2) is 0 Å². The third-order valence-electron chi connectivity index (χ3n) is 3.71. The highest BCUT2D eigenvalue weighted by atomic mass is 32.1. The Kier molecular flexibility index (Phi) is 6.62. The van der Waals surface area contributed by atoms with Crippen LogP contribution in [-0.2, 0) is 11.3 Å². The molecule has 0 spiro atoms. The Morgan fingerprint density at radius 2 is 2.00 bits per heavy atom. The third-order valence-corrected chi connectivity index (χ3v) is 4.57. The summed E-state index contributed by atoms with van der Waals surface area (Å²) in [6.07, 6.45) is 0. The number of ether oxygens (including phenoxy) is 1. The van der Waals surface area contributed by atoms with E-state index in [1.807, 2.05) is 44.2 Å². The Bertz CT molecular complexity index is 596. The van der Waals surface area contributed by atoms with Crippen LogP contribution >= 0.6 is 11.3 Å². The molecule has 0 aliphatic carbocycles. The SMILES string of the molecule is CCOc1ccc(NC(=O)C(C)N(CC)Cc2cccs2)cc1. The molecule has 0 fully saturated rings. The summed E-state index contributed by atoms with van der Waals surface area (Å²) in [5, 5.41) is 5.04. The summed E-state index contributed by atoms with van der Waals surface area (Å²) in [6, 6.07) is 11.4. The number of nitrogens with one attached hydrogen (secondary N) is 1. The molecule has 1 N–H and O–H groups in total. The molecule has 0 aliphatic rings. The maximum atomic E-state index is 12.5. The molecule has 1 atom stereocenters. The van der Waals surface area contributed by atoms with Crippen LogP contribution in [-0.4, -0.2) is 30.0 Å². The molecular weight excluding hydrogens is 308 g/mol. The first-order valence-corrected chi connectivity index (χ1v) is 8.82. The van der Waals surface area contributed by atoms with Crippen LogP contribution in [0, 0.1) is 0 Å². The average molecular weight is 332 g/mol. The van der Waals surface area contributed by atoms with E-state index in [0.717, 1.165) is 24.5 Å². The summed E-state index contributed by atoms with van der Waals surface area (Å²) in [5.41, 5.74) is 0.789. The summed E-state index contributed by atoms with van der Waals surface area (Å²) in [5.74, 6) is 0.819. The highest BCUT2D eigenvalue weighted by molar-refractivity contribution is 7.09. The van der Waals surface area contributed by atoms with Crippen molar-refractivity contribution in [3.8, 4) is 5.75 Å². The van der Waals surface area contributed by atoms with Gasteiger partial charge in [0.05, 0.1) is 12.6 Å². The predicted molar refractivity (Wildman–Crippen MR) is 96.1 cm³/mol. The number of carbonyl (C=O) groups excluding carboxylic acids is 1. The van der Waals surface area contributed by atoms with E-state index in [9.17, 15) is 4.79 Å². The van der Waals surface area contributed by atoms with Crippen molar-refractivity contribution in [3.63, 3.8) is 0 Å². The topological polar surface area (TPSA) is 41.6 Å². The van der Waals surface area contributed by atoms with Crippen molar-refractivity contribution in [2.75, 3.05) is 18.5 Å². The van der Waals surface area contributed by atoms with Crippen LogP contribution in [0.15, 0.2) is 41.8 Å². The van der Waals surface area contributed by atoms with Gasteiger partial charge in [-0.05, 0) is 56.1 Å². The minimum atomic E-state index is -0.186. The number of thiophene rings is 1. The van der Waals surface area contributed by atoms with Gasteiger partial charge in [0, 0.05) is 17.1 Å². The fourth-order valence-corrected chi connectivity index (χ4v) is 3.07. The number of anilines is 1. The largest absolute Gasteiger partial charge is 0.494 e. The molecule has 2 aromatic rings. The molecule has 23 heavy (non-hydrogen) atoms. The number of likely N-dealkylation sites (N-methyl/N-ethyl adjacent to an activating group) is 1. The molecule has 1 heterocycles. The molecule has 1 aromatic carbocycles. The number of carbonyl (C=O) groups is 1. The Morgan fingerprint density at radius 1 is 1.26 bits per heavy atom. The van der Waals surface area contributed by atoms with Crippen molar-refractivity contribution in [1.82, 2.24) is 4.90 Å². The highest BCUT2D eigenvalue weighted by Crippen LogP contribution is 2.17. The fraction of sp³-hybridized carbons (Fsp3) is 0.389. The number of amides is 1. The second-order valence-electron chi connectivity index (χ2n) is 5.27. The van der Waals surface area contributed by atoms with Crippen molar-refractivity contribution in [1.29, 1.82) is 0 Å². The zero-order valence-electron chi connectivity index (χ0n) is 13.9. The van der Waals surface area contributed by atoms with E-state index >= 15 is 0 Å². The lowest BCUT2D eigenvalue weighted by Gasteiger charge is -2.26. The van der Waals surface area contributed by atoms with E-state index in [1.165, 1.54) is 4.88 Å². The lowest BCUT2D eigenvalue weighted by molar-refractivity contribution is -0.120. The van der Waals surface area contributed by atoms with Gasteiger partial charge >= 0.3 is 0 Å². The van der Waals surface area contributed by atoms with Crippen molar-refractivity contribution < 1.29 is 9.53 Å². The van der Waals surface area contributed by atoms with Gasteiger partial charge in [0.2, 0.25) is 5.91 Å². The lowest BCUT2D eigenvalue weighted by Crippen LogP contribution is -2.41. The number of nitrogens with zero attached hydrogens (tertiary/aromatic N) is 1. The van der Waals surface area contributed by atoms with Gasteiger partial charge in [0.25, 0.3) is 0 Å². The van der Waals surface area contributed by atoms with Gasteiger partial charge < -0.3 is 10.1 Å². The zero-order valence-corrected chi connectivity index (χ0v) is 14.7. The molecule has 1 unspecified atom stereocenters. The standard InChI is InChI=1S/C18H24N2O2S/c1-4-20(13-17-7-6-12-23-17)14(3)18(21)19-15-8-10-16(11-9-15)22-5-2/h6-12,14H,4-5,13H2,1-3H3,(H,19,21). The van der Waals surface area contributed by atoms with Crippen LogP contribution in [0.1, 0.15) is 25.6 Å². The second-order valence-corrected chi connectivity index (χ2v) is 6.30. The number of rotatable bonds is 8. The van der Waals surface area contributed by atoms with E-state index in [0.29, 0.717) is 6.61 Å². The van der Waals surface area contributed by atoms with Crippen LogP contribution in [0.2, 0.25) is 0 Å². The normalized spacial score (nSPS) is 12.2. The lowest BCUT2D eigenvalue weighted by atomic mass is 10.2. The minimum Gasteiger partial charge on any atom is -0.494 e. The molecule has 1 amide bonds. The second kappa shape index (κ2) is 8.70. The molecule has 124 valence electrons. The Morgan fingerprint density at radius 3 is 2.57 bits per heavy atom. The van der Waals surface area contributed by atoms with Gasteiger partial charge in [-0.3, -0.25) is 9.69 Å². The first-order valence-electron chi connectivity index (χ1n) is 7.94. The summed E-state index contributed by atoms with van der Waals surface area (Å²) < 4.78 is 5.41. The first-order chi connectivity index (χ1) is 11.1. The molecule has 1 aromatic heterocycles. The van der Waals surface area contributed by atoms with Crippen LogP contribution in [0.5, 0.6) is 5.75 Å². The molecule has 0 saturated carbocycles. The molecule has 5 heteroatoms. The van der Waals surface area contributed by atoms with Gasteiger partial charge in [-0.1, -0.05) is 13.0 Å². The van der Waals surface area contributed by atoms with E-state index in [-0.39, 0.29) is 11.9 Å². The smallest absolute Gasteiger partial charge is 0.241 e. The van der Waals surface area contributed by atoms with Crippen molar-refractivity contribution >= 4 is 22.9 Å². The molecule has 0 aliphatic heterocycles. The third kappa shape index (κ3) is 5.08. The highest BCUT2D eigenvalue weighted by Gasteiger charge is 2.20. The maximum Gasteiger partial charge on any atom is 0.241 e. The van der Waals surface area contributed by atoms with E-state index < -0.39 is 0 Å². The predicted octanol–water partition coefficient (Wildman–Crippen LogP) is 4.00. The van der Waals surface area contributed by atoms with Gasteiger partial charge in [0.1, 0.15) is 5.75 Å². The van der Waals surface area contributed by atoms with Crippen LogP contribution < -0.4 is 10.1 Å². The van der Waals surface area contributed by atoms with Gasteiger partial charge in [-0.25, -0.2) is 0 Å². The Balaban J connectivity index is 1.94. The van der Waals surface area contributed by atoms with Crippen molar-refractivity contribution in [3.05, 3.63) is 46.7 Å². The summed E-state index contributed by atoms with van der Waals surface area (Å²) in [6.45, 7) is 8.23. The summed E-state index contributed by atoms with van der Waals surface area (Å²) in [4.78, 5) is 15.9. The quantitative estimate of drug-likeness (QED) is 0.794. The van der Waals surface area contributed by atoms with E-state index in [1.54, 1.807) is 11.3 Å². The number of benzene rings is 1. The van der Waals surface area contributed by atoms with Gasteiger partial charge in [-0.15, -0.1) is 11.3 Å².